The highest BCUT2D eigenvalue weighted by Gasteiger charge is 2.30. The van der Waals surface area contributed by atoms with Gasteiger partial charge in [0.1, 0.15) is 11.5 Å². The SMILES string of the molecule is COc1cc(OC)cc(C(=O)O[C@@H]2CCOC2=O)c1. The zero-order valence-electron chi connectivity index (χ0n) is 10.7. The van der Waals surface area contributed by atoms with Crippen molar-refractivity contribution in [2.75, 3.05) is 20.8 Å². The molecule has 0 aromatic heterocycles. The van der Waals surface area contributed by atoms with E-state index in [1.165, 1.54) is 26.4 Å². The summed E-state index contributed by atoms with van der Waals surface area (Å²) >= 11 is 0. The van der Waals surface area contributed by atoms with Gasteiger partial charge in [-0.1, -0.05) is 0 Å². The normalized spacial score (nSPS) is 17.8. The molecule has 0 bridgehead atoms. The van der Waals surface area contributed by atoms with Gasteiger partial charge < -0.3 is 18.9 Å². The van der Waals surface area contributed by atoms with Crippen LogP contribution in [0.4, 0.5) is 0 Å². The van der Waals surface area contributed by atoms with Gasteiger partial charge in [-0.3, -0.25) is 0 Å². The van der Waals surface area contributed by atoms with E-state index in [0.717, 1.165) is 0 Å². The molecule has 19 heavy (non-hydrogen) atoms. The van der Waals surface area contributed by atoms with Crippen LogP contribution in [0.2, 0.25) is 0 Å². The zero-order valence-corrected chi connectivity index (χ0v) is 10.7. The lowest BCUT2D eigenvalue weighted by atomic mass is 10.2. The van der Waals surface area contributed by atoms with Crippen molar-refractivity contribution in [1.82, 2.24) is 0 Å². The third kappa shape index (κ3) is 2.96. The molecule has 6 heteroatoms. The predicted octanol–water partition coefficient (Wildman–Crippen LogP) is 1.18. The summed E-state index contributed by atoms with van der Waals surface area (Å²) < 4.78 is 19.9. The first-order valence-electron chi connectivity index (χ1n) is 5.74. The second-order valence-corrected chi connectivity index (χ2v) is 3.95. The number of carbonyl (C=O) groups excluding carboxylic acids is 2. The molecule has 1 heterocycles. The molecule has 2 rings (SSSR count). The van der Waals surface area contributed by atoms with Crippen molar-refractivity contribution in [2.24, 2.45) is 0 Å². The van der Waals surface area contributed by atoms with E-state index in [4.69, 9.17) is 18.9 Å². The molecule has 1 aromatic carbocycles. The highest BCUT2D eigenvalue weighted by Crippen LogP contribution is 2.24. The molecule has 6 nitrogen and oxygen atoms in total. The second-order valence-electron chi connectivity index (χ2n) is 3.95. The number of carbonyl (C=O) groups is 2. The number of hydrogen-bond acceptors (Lipinski definition) is 6. The Balaban J connectivity index is 2.16. The van der Waals surface area contributed by atoms with Crippen molar-refractivity contribution in [3.05, 3.63) is 23.8 Å². The zero-order chi connectivity index (χ0) is 13.8. The standard InChI is InChI=1S/C13H14O6/c1-16-9-5-8(6-10(7-9)17-2)12(14)19-11-3-4-18-13(11)15/h5-7,11H,3-4H2,1-2H3/t11-/m1/s1. The second kappa shape index (κ2) is 5.60. The fourth-order valence-electron chi connectivity index (χ4n) is 1.71. The molecule has 1 aliphatic rings. The Bertz CT molecular complexity index is 474. The van der Waals surface area contributed by atoms with E-state index in [-0.39, 0.29) is 12.2 Å². The molecule has 0 aliphatic carbocycles. The first kappa shape index (κ1) is 13.2. The van der Waals surface area contributed by atoms with Crippen molar-refractivity contribution in [3.8, 4) is 11.5 Å². The van der Waals surface area contributed by atoms with Crippen LogP contribution >= 0.6 is 0 Å². The summed E-state index contributed by atoms with van der Waals surface area (Å²) in [5, 5.41) is 0. The lowest BCUT2D eigenvalue weighted by molar-refractivity contribution is -0.145. The summed E-state index contributed by atoms with van der Waals surface area (Å²) in [6.07, 6.45) is -0.448. The molecule has 0 N–H and O–H groups in total. The van der Waals surface area contributed by atoms with Crippen molar-refractivity contribution >= 4 is 11.9 Å². The van der Waals surface area contributed by atoms with Crippen LogP contribution < -0.4 is 9.47 Å². The van der Waals surface area contributed by atoms with Gasteiger partial charge in [-0.2, -0.15) is 0 Å². The Morgan fingerprint density at radius 2 is 1.84 bits per heavy atom. The van der Waals surface area contributed by atoms with Crippen LogP contribution in [0.15, 0.2) is 18.2 Å². The Morgan fingerprint density at radius 3 is 2.32 bits per heavy atom. The monoisotopic (exact) mass is 266 g/mol. The van der Waals surface area contributed by atoms with E-state index >= 15 is 0 Å². The summed E-state index contributed by atoms with van der Waals surface area (Å²) in [6.45, 7) is 0.276. The van der Waals surface area contributed by atoms with Gasteiger partial charge in [0.15, 0.2) is 0 Å². The summed E-state index contributed by atoms with van der Waals surface area (Å²) in [5.74, 6) is -0.176. The van der Waals surface area contributed by atoms with E-state index in [1.54, 1.807) is 6.07 Å². The van der Waals surface area contributed by atoms with E-state index in [0.29, 0.717) is 17.9 Å². The molecular formula is C13H14O6. The van der Waals surface area contributed by atoms with Crippen LogP contribution in [-0.4, -0.2) is 38.9 Å². The summed E-state index contributed by atoms with van der Waals surface area (Å²) in [7, 11) is 2.97. The van der Waals surface area contributed by atoms with Gasteiger partial charge in [-0.15, -0.1) is 0 Å². The van der Waals surface area contributed by atoms with Crippen molar-refractivity contribution < 1.29 is 28.5 Å². The summed E-state index contributed by atoms with van der Waals surface area (Å²) in [5.41, 5.74) is 0.260. The molecule has 1 saturated heterocycles. The van der Waals surface area contributed by atoms with E-state index in [9.17, 15) is 9.59 Å². The minimum Gasteiger partial charge on any atom is -0.497 e. The smallest absolute Gasteiger partial charge is 0.347 e. The third-order valence-corrected chi connectivity index (χ3v) is 2.72. The Labute approximate surface area is 110 Å². The molecule has 1 atom stereocenters. The maximum atomic E-state index is 11.9. The Morgan fingerprint density at radius 1 is 1.21 bits per heavy atom. The molecule has 102 valence electrons. The maximum absolute atomic E-state index is 11.9. The van der Waals surface area contributed by atoms with Crippen LogP contribution in [-0.2, 0) is 14.3 Å². The number of esters is 2. The average Bonchev–Trinajstić information content (AvgIpc) is 2.83. The number of benzene rings is 1. The minimum absolute atomic E-state index is 0.260. The van der Waals surface area contributed by atoms with Crippen molar-refractivity contribution in [1.29, 1.82) is 0 Å². The molecule has 1 fully saturated rings. The van der Waals surface area contributed by atoms with Crippen molar-refractivity contribution in [2.45, 2.75) is 12.5 Å². The number of rotatable bonds is 4. The Hall–Kier alpha value is -2.24. The Kier molecular flexibility index (Phi) is 3.89. The van der Waals surface area contributed by atoms with Crippen LogP contribution in [0.25, 0.3) is 0 Å². The fraction of sp³-hybridized carbons (Fsp3) is 0.385. The fourth-order valence-corrected chi connectivity index (χ4v) is 1.71. The van der Waals surface area contributed by atoms with Gasteiger partial charge in [0, 0.05) is 12.5 Å². The van der Waals surface area contributed by atoms with Gasteiger partial charge in [-0.05, 0) is 12.1 Å². The van der Waals surface area contributed by atoms with Gasteiger partial charge in [-0.25, -0.2) is 9.59 Å². The molecule has 0 spiro atoms. The highest BCUT2D eigenvalue weighted by atomic mass is 16.6. The van der Waals surface area contributed by atoms with Crippen LogP contribution in [0.5, 0.6) is 11.5 Å². The predicted molar refractivity (Wildman–Crippen MR) is 64.3 cm³/mol. The maximum Gasteiger partial charge on any atom is 0.347 e. The minimum atomic E-state index is -0.829. The van der Waals surface area contributed by atoms with Crippen LogP contribution in [0.3, 0.4) is 0 Å². The van der Waals surface area contributed by atoms with Gasteiger partial charge in [0.05, 0.1) is 26.4 Å². The molecule has 0 amide bonds. The molecule has 1 aromatic rings. The highest BCUT2D eigenvalue weighted by molar-refractivity contribution is 5.92. The lowest BCUT2D eigenvalue weighted by Crippen LogP contribution is -2.22. The third-order valence-electron chi connectivity index (χ3n) is 2.72. The summed E-state index contributed by atoms with van der Waals surface area (Å²) in [6, 6.07) is 4.68. The van der Waals surface area contributed by atoms with Crippen LogP contribution in [0, 0.1) is 0 Å². The van der Waals surface area contributed by atoms with E-state index in [2.05, 4.69) is 0 Å². The molecular weight excluding hydrogens is 252 g/mol. The number of cyclic esters (lactones) is 1. The average molecular weight is 266 g/mol. The van der Waals surface area contributed by atoms with E-state index in [1.807, 2.05) is 0 Å². The molecule has 0 saturated carbocycles. The van der Waals surface area contributed by atoms with Gasteiger partial charge in [0.25, 0.3) is 0 Å². The largest absolute Gasteiger partial charge is 0.497 e. The van der Waals surface area contributed by atoms with Gasteiger partial charge in [0.2, 0.25) is 6.10 Å². The van der Waals surface area contributed by atoms with Crippen molar-refractivity contribution in [3.63, 3.8) is 0 Å². The first-order valence-corrected chi connectivity index (χ1v) is 5.74. The van der Waals surface area contributed by atoms with Gasteiger partial charge >= 0.3 is 11.9 Å². The quantitative estimate of drug-likeness (QED) is 0.762. The molecule has 1 aliphatic heterocycles. The van der Waals surface area contributed by atoms with E-state index < -0.39 is 18.0 Å². The van der Waals surface area contributed by atoms with Crippen LogP contribution in [0.1, 0.15) is 16.8 Å². The number of ether oxygens (including phenoxy) is 4. The summed E-state index contributed by atoms with van der Waals surface area (Å²) in [4.78, 5) is 23.2. The molecule has 0 unspecified atom stereocenters. The lowest BCUT2D eigenvalue weighted by Gasteiger charge is -2.10. The first-order chi connectivity index (χ1) is 9.13. The number of hydrogen-bond donors (Lipinski definition) is 0. The topological polar surface area (TPSA) is 71.1 Å². The number of methoxy groups -OCH3 is 2. The molecule has 0 radical (unpaired) electrons.